The molecule has 0 aliphatic heterocycles. The molecule has 1 rings (SSSR count). The summed E-state index contributed by atoms with van der Waals surface area (Å²) < 4.78 is 0. The minimum absolute atomic E-state index is 0.144. The summed E-state index contributed by atoms with van der Waals surface area (Å²) in [6, 6.07) is 1.55. The minimum Gasteiger partial charge on any atom is -0.0847 e. The molecule has 0 N–H and O–H groups in total. The van der Waals surface area contributed by atoms with Crippen LogP contribution in [0.2, 0.25) is 11.6 Å². The lowest BCUT2D eigenvalue weighted by atomic mass is 10.1. The van der Waals surface area contributed by atoms with E-state index in [0.29, 0.717) is 0 Å². The van der Waals surface area contributed by atoms with Crippen LogP contribution in [0.1, 0.15) is 64.7 Å². The van der Waals surface area contributed by atoms with Crippen LogP contribution in [0.15, 0.2) is 24.3 Å². The molecule has 98 valence electrons. The van der Waals surface area contributed by atoms with Crippen LogP contribution in [0.25, 0.3) is 0 Å². The summed E-state index contributed by atoms with van der Waals surface area (Å²) in [6.07, 6.45) is 22.4. The summed E-state index contributed by atoms with van der Waals surface area (Å²) in [5, 5.41) is 0. The van der Waals surface area contributed by atoms with Gasteiger partial charge >= 0.3 is 0 Å². The van der Waals surface area contributed by atoms with Gasteiger partial charge in [-0.1, -0.05) is 88.6 Å². The smallest absolute Gasteiger partial charge is 0.0327 e. The number of hydrogen-bond acceptors (Lipinski definition) is 0. The molecule has 1 aliphatic carbocycles. The molecule has 0 atom stereocenters. The van der Waals surface area contributed by atoms with Crippen molar-refractivity contribution < 1.29 is 0 Å². The van der Waals surface area contributed by atoms with Crippen molar-refractivity contribution in [3.63, 3.8) is 0 Å². The zero-order chi connectivity index (χ0) is 12.2. The first kappa shape index (κ1) is 14.8. The Morgan fingerprint density at radius 2 is 1.47 bits per heavy atom. The van der Waals surface area contributed by atoms with Crippen LogP contribution in [0.3, 0.4) is 0 Å². The van der Waals surface area contributed by atoms with Crippen LogP contribution in [-0.4, -0.2) is 9.52 Å². The fraction of sp³-hybridized carbons (Fsp3) is 0.750. The molecule has 0 fully saturated rings. The molecule has 0 saturated carbocycles. The molecule has 0 aromatic carbocycles. The van der Waals surface area contributed by atoms with Gasteiger partial charge in [0.05, 0.1) is 0 Å². The molecule has 17 heavy (non-hydrogen) atoms. The summed E-state index contributed by atoms with van der Waals surface area (Å²) in [5.41, 5.74) is 0.883. The van der Waals surface area contributed by atoms with Gasteiger partial charge in [-0.2, -0.15) is 0 Å². The van der Waals surface area contributed by atoms with Gasteiger partial charge in [-0.15, -0.1) is 0 Å². The Bertz CT molecular complexity index is 206. The van der Waals surface area contributed by atoms with Crippen LogP contribution in [-0.2, 0) is 0 Å². The predicted octanol–water partition coefficient (Wildman–Crippen LogP) is 5.02. The summed E-state index contributed by atoms with van der Waals surface area (Å²) >= 11 is 0. The first-order chi connectivity index (χ1) is 8.43. The maximum absolute atomic E-state index is 2.44. The molecule has 0 bridgehead atoms. The largest absolute Gasteiger partial charge is 0.0847 e. The molecule has 1 heteroatoms. The molecule has 0 amide bonds. The predicted molar refractivity (Wildman–Crippen MR) is 82.6 cm³/mol. The van der Waals surface area contributed by atoms with Gasteiger partial charge in [0.15, 0.2) is 0 Å². The van der Waals surface area contributed by atoms with E-state index >= 15 is 0 Å². The molecular weight excluding hydrogens is 220 g/mol. The summed E-state index contributed by atoms with van der Waals surface area (Å²) in [7, 11) is 0.144. The zero-order valence-electron chi connectivity index (χ0n) is 11.7. The Kier molecular flexibility index (Phi) is 9.40. The van der Waals surface area contributed by atoms with Gasteiger partial charge in [0.1, 0.15) is 0 Å². The van der Waals surface area contributed by atoms with E-state index < -0.39 is 0 Å². The van der Waals surface area contributed by atoms with Crippen LogP contribution in [0.5, 0.6) is 0 Å². The van der Waals surface area contributed by atoms with Crippen LogP contribution in [0, 0.1) is 0 Å². The van der Waals surface area contributed by atoms with E-state index in [2.05, 4.69) is 31.2 Å². The maximum atomic E-state index is 2.44. The number of allylic oxidation sites excluding steroid dienone is 4. The van der Waals surface area contributed by atoms with Gasteiger partial charge in [-0.25, -0.2) is 0 Å². The normalized spacial score (nSPS) is 16.3. The third-order valence-corrected chi connectivity index (χ3v) is 5.80. The molecule has 0 aromatic heterocycles. The van der Waals surface area contributed by atoms with E-state index in [-0.39, 0.29) is 9.52 Å². The third-order valence-electron chi connectivity index (χ3n) is 3.68. The molecule has 1 aliphatic rings. The Balaban J connectivity index is 1.79. The van der Waals surface area contributed by atoms with Crippen molar-refractivity contribution in [3.05, 3.63) is 24.3 Å². The molecule has 0 nitrogen and oxygen atoms in total. The van der Waals surface area contributed by atoms with Crippen molar-refractivity contribution in [1.29, 1.82) is 0 Å². The summed E-state index contributed by atoms with van der Waals surface area (Å²) in [5.74, 6) is 0. The zero-order valence-corrected chi connectivity index (χ0v) is 13.1. The van der Waals surface area contributed by atoms with E-state index in [1.807, 2.05) is 0 Å². The molecule has 0 aromatic rings. The van der Waals surface area contributed by atoms with Gasteiger partial charge < -0.3 is 0 Å². The lowest BCUT2D eigenvalue weighted by Crippen LogP contribution is -1.99. The van der Waals surface area contributed by atoms with Crippen molar-refractivity contribution in [3.8, 4) is 0 Å². The van der Waals surface area contributed by atoms with Crippen LogP contribution >= 0.6 is 0 Å². The number of hydrogen-bond donors (Lipinski definition) is 0. The molecule has 0 spiro atoms. The van der Waals surface area contributed by atoms with E-state index in [9.17, 15) is 0 Å². The Morgan fingerprint density at radius 3 is 2.12 bits per heavy atom. The molecular formula is C16H30Si. The van der Waals surface area contributed by atoms with Gasteiger partial charge in [0.25, 0.3) is 0 Å². The van der Waals surface area contributed by atoms with Gasteiger partial charge in [0, 0.05) is 9.52 Å². The number of unbranched alkanes of at least 4 members (excludes halogenated alkanes) is 7. The highest BCUT2D eigenvalue weighted by Gasteiger charge is 2.02. The Hall–Kier alpha value is -0.303. The molecule has 0 saturated heterocycles. The standard InChI is InChI=1S/C16H30Si/c1-2-3-4-5-6-7-8-12-15-17-16-13-10-9-11-14-16/h10-11,13-14,16H,2-9,12,15,17H2,1H3. The molecule has 0 unspecified atom stereocenters. The number of rotatable bonds is 10. The molecule has 0 heterocycles. The summed E-state index contributed by atoms with van der Waals surface area (Å²) in [6.45, 7) is 2.29. The highest BCUT2D eigenvalue weighted by molar-refractivity contribution is 6.39. The fourth-order valence-corrected chi connectivity index (χ4v) is 4.42. The second-order valence-corrected chi connectivity index (χ2v) is 7.60. The van der Waals surface area contributed by atoms with Gasteiger partial charge in [-0.05, 0) is 12.0 Å². The van der Waals surface area contributed by atoms with Crippen LogP contribution < -0.4 is 0 Å². The second-order valence-electron chi connectivity index (χ2n) is 5.37. The van der Waals surface area contributed by atoms with Crippen molar-refractivity contribution in [2.75, 3.05) is 0 Å². The van der Waals surface area contributed by atoms with Crippen molar-refractivity contribution in [1.82, 2.24) is 0 Å². The minimum atomic E-state index is 0.144. The first-order valence-corrected chi connectivity index (χ1v) is 9.58. The van der Waals surface area contributed by atoms with Gasteiger partial charge in [0.2, 0.25) is 0 Å². The first-order valence-electron chi connectivity index (χ1n) is 7.77. The fourth-order valence-electron chi connectivity index (χ4n) is 2.53. The SMILES string of the molecule is CCCCCCCCCC[SiH2]C1C=CCC=C1. The van der Waals surface area contributed by atoms with Crippen LogP contribution in [0.4, 0.5) is 0 Å². The third kappa shape index (κ3) is 8.42. The maximum Gasteiger partial charge on any atom is 0.0327 e. The quantitative estimate of drug-likeness (QED) is 0.290. The highest BCUT2D eigenvalue weighted by Crippen LogP contribution is 2.17. The van der Waals surface area contributed by atoms with E-state index in [1.54, 1.807) is 6.04 Å². The monoisotopic (exact) mass is 250 g/mol. The second kappa shape index (κ2) is 10.8. The average molecular weight is 251 g/mol. The summed E-state index contributed by atoms with van der Waals surface area (Å²) in [4.78, 5) is 0. The van der Waals surface area contributed by atoms with Crippen molar-refractivity contribution >= 4 is 9.52 Å². The van der Waals surface area contributed by atoms with E-state index in [4.69, 9.17) is 0 Å². The van der Waals surface area contributed by atoms with E-state index in [0.717, 1.165) is 5.54 Å². The average Bonchev–Trinajstić information content (AvgIpc) is 2.38. The lowest BCUT2D eigenvalue weighted by molar-refractivity contribution is 0.584. The Morgan fingerprint density at radius 1 is 0.882 bits per heavy atom. The molecule has 0 radical (unpaired) electrons. The Labute approximate surface area is 110 Å². The highest BCUT2D eigenvalue weighted by atomic mass is 28.2. The topological polar surface area (TPSA) is 0 Å². The lowest BCUT2D eigenvalue weighted by Gasteiger charge is -2.09. The van der Waals surface area contributed by atoms with Gasteiger partial charge in [-0.3, -0.25) is 0 Å². The van der Waals surface area contributed by atoms with Crippen molar-refractivity contribution in [2.45, 2.75) is 76.3 Å². The van der Waals surface area contributed by atoms with E-state index in [1.165, 1.54) is 57.8 Å². The van der Waals surface area contributed by atoms with Crippen molar-refractivity contribution in [2.24, 2.45) is 0 Å².